The van der Waals surface area contributed by atoms with Gasteiger partial charge in [0.1, 0.15) is 11.3 Å². The fourth-order valence-corrected chi connectivity index (χ4v) is 3.73. The van der Waals surface area contributed by atoms with Crippen LogP contribution in [0.2, 0.25) is 0 Å². The Labute approximate surface area is 195 Å². The minimum Gasteiger partial charge on any atom is -0.505 e. The number of pyridine rings is 1. The number of nitrogens with one attached hydrogen (secondary N) is 1. The Hall–Kier alpha value is -3.72. The lowest BCUT2D eigenvalue weighted by Crippen LogP contribution is -2.16. The van der Waals surface area contributed by atoms with Gasteiger partial charge in [0.2, 0.25) is 5.95 Å². The number of hydrogen-bond donors (Lipinski definition) is 2. The van der Waals surface area contributed by atoms with Gasteiger partial charge in [0, 0.05) is 29.4 Å². The molecule has 0 aliphatic rings. The van der Waals surface area contributed by atoms with E-state index in [1.54, 1.807) is 18.3 Å². The van der Waals surface area contributed by atoms with Crippen LogP contribution in [-0.2, 0) is 12.7 Å². The van der Waals surface area contributed by atoms with Crippen molar-refractivity contribution in [2.45, 2.75) is 25.7 Å². The zero-order chi connectivity index (χ0) is 24.5. The highest BCUT2D eigenvalue weighted by Gasteiger charge is 2.30. The molecule has 2 aromatic heterocycles. The zero-order valence-corrected chi connectivity index (χ0v) is 18.9. The Morgan fingerprint density at radius 3 is 2.32 bits per heavy atom. The summed E-state index contributed by atoms with van der Waals surface area (Å²) in [6, 6.07) is 13.2. The van der Waals surface area contributed by atoms with Crippen molar-refractivity contribution in [2.75, 3.05) is 19.4 Å². The fraction of sp³-hybridized carbons (Fsp3) is 0.240. The first-order chi connectivity index (χ1) is 16.1. The summed E-state index contributed by atoms with van der Waals surface area (Å²) < 4.78 is 39.3. The molecular formula is C25H24F3N5O. The molecule has 0 amide bonds. The average Bonchev–Trinajstić information content (AvgIpc) is 2.78. The molecule has 0 aliphatic heterocycles. The van der Waals surface area contributed by atoms with Crippen LogP contribution in [0.25, 0.3) is 10.9 Å². The molecule has 2 aromatic carbocycles. The quantitative estimate of drug-likeness (QED) is 0.400. The highest BCUT2D eigenvalue weighted by Crippen LogP contribution is 2.37. The Kier molecular flexibility index (Phi) is 6.39. The smallest absolute Gasteiger partial charge is 0.416 e. The first-order valence-electron chi connectivity index (χ1n) is 10.6. The maximum Gasteiger partial charge on any atom is 0.416 e. The van der Waals surface area contributed by atoms with Gasteiger partial charge in [-0.2, -0.15) is 13.2 Å². The number of halogens is 3. The minimum atomic E-state index is -4.45. The molecule has 9 heteroatoms. The van der Waals surface area contributed by atoms with E-state index in [4.69, 9.17) is 0 Å². The number of rotatable bonds is 6. The van der Waals surface area contributed by atoms with Gasteiger partial charge in [0.05, 0.1) is 17.3 Å². The summed E-state index contributed by atoms with van der Waals surface area (Å²) in [5.74, 6) is 0.238. The molecule has 2 heterocycles. The van der Waals surface area contributed by atoms with Crippen molar-refractivity contribution in [3.8, 4) is 5.75 Å². The number of benzene rings is 2. The van der Waals surface area contributed by atoms with Gasteiger partial charge >= 0.3 is 6.18 Å². The van der Waals surface area contributed by atoms with Crippen LogP contribution >= 0.6 is 0 Å². The minimum absolute atomic E-state index is 0.0526. The molecule has 0 fully saturated rings. The lowest BCUT2D eigenvalue weighted by Gasteiger charge is -2.22. The van der Waals surface area contributed by atoms with Gasteiger partial charge in [-0.05, 0) is 50.8 Å². The second-order valence-electron chi connectivity index (χ2n) is 8.33. The van der Waals surface area contributed by atoms with Gasteiger partial charge < -0.3 is 15.3 Å². The van der Waals surface area contributed by atoms with Gasteiger partial charge in [-0.25, -0.2) is 15.0 Å². The summed E-state index contributed by atoms with van der Waals surface area (Å²) >= 11 is 0. The predicted molar refractivity (Wildman–Crippen MR) is 124 cm³/mol. The number of phenolic OH excluding ortho intramolecular Hbond substituents is 1. The Morgan fingerprint density at radius 1 is 0.971 bits per heavy atom. The molecular weight excluding hydrogens is 443 g/mol. The van der Waals surface area contributed by atoms with Gasteiger partial charge in [-0.15, -0.1) is 0 Å². The van der Waals surface area contributed by atoms with Crippen molar-refractivity contribution in [1.29, 1.82) is 0 Å². The van der Waals surface area contributed by atoms with E-state index in [1.807, 2.05) is 44.1 Å². The van der Waals surface area contributed by atoms with E-state index in [0.717, 1.165) is 28.9 Å². The summed E-state index contributed by atoms with van der Waals surface area (Å²) in [6.45, 7) is 2.40. The summed E-state index contributed by atoms with van der Waals surface area (Å²) in [6.07, 6.45) is -2.86. The van der Waals surface area contributed by atoms with E-state index < -0.39 is 17.8 Å². The van der Waals surface area contributed by atoms with E-state index in [1.165, 1.54) is 12.1 Å². The number of aromatic hydroxyl groups is 1. The molecule has 6 nitrogen and oxygen atoms in total. The molecule has 0 radical (unpaired) electrons. The molecule has 2 N–H and O–H groups in total. The molecule has 0 saturated carbocycles. The Bertz CT molecular complexity index is 1310. The van der Waals surface area contributed by atoms with Crippen LogP contribution in [0.5, 0.6) is 5.75 Å². The monoisotopic (exact) mass is 467 g/mol. The van der Waals surface area contributed by atoms with Crippen molar-refractivity contribution < 1.29 is 18.3 Å². The van der Waals surface area contributed by atoms with Gasteiger partial charge in [-0.3, -0.25) is 0 Å². The van der Waals surface area contributed by atoms with Gasteiger partial charge in [-0.1, -0.05) is 30.3 Å². The number of nitrogens with zero attached hydrogens (tertiary/aromatic N) is 4. The van der Waals surface area contributed by atoms with E-state index >= 15 is 0 Å². The number of anilines is 1. The third kappa shape index (κ3) is 5.09. The van der Waals surface area contributed by atoms with Crippen LogP contribution in [-0.4, -0.2) is 39.1 Å². The number of phenols is 1. The molecule has 0 aliphatic carbocycles. The van der Waals surface area contributed by atoms with Gasteiger partial charge in [0.25, 0.3) is 0 Å². The van der Waals surface area contributed by atoms with Crippen molar-refractivity contribution in [2.24, 2.45) is 0 Å². The maximum absolute atomic E-state index is 13.1. The number of aromatic nitrogens is 3. The second kappa shape index (κ2) is 9.26. The van der Waals surface area contributed by atoms with E-state index in [9.17, 15) is 18.3 Å². The number of hydrogen-bond acceptors (Lipinski definition) is 6. The lowest BCUT2D eigenvalue weighted by molar-refractivity contribution is -0.137. The van der Waals surface area contributed by atoms with E-state index in [2.05, 4.69) is 20.3 Å². The fourth-order valence-electron chi connectivity index (χ4n) is 3.73. The van der Waals surface area contributed by atoms with Crippen molar-refractivity contribution >= 4 is 16.9 Å². The zero-order valence-electron chi connectivity index (χ0n) is 18.9. The first-order valence-corrected chi connectivity index (χ1v) is 10.6. The van der Waals surface area contributed by atoms with Gasteiger partial charge in [0.15, 0.2) is 0 Å². The average molecular weight is 467 g/mol. The van der Waals surface area contributed by atoms with Crippen molar-refractivity contribution in [3.63, 3.8) is 0 Å². The van der Waals surface area contributed by atoms with Crippen LogP contribution < -0.4 is 5.32 Å². The SMILES string of the molecule is Cc1ccnc(N[C@H](c2ccc(C(F)(F)F)cc2)c2ccc3ccc(CN(C)C)nc3c2O)n1. The Morgan fingerprint density at radius 2 is 1.68 bits per heavy atom. The predicted octanol–water partition coefficient (Wildman–Crippen LogP) is 5.32. The van der Waals surface area contributed by atoms with E-state index in [0.29, 0.717) is 29.1 Å². The maximum atomic E-state index is 13.1. The van der Waals surface area contributed by atoms with Crippen molar-refractivity contribution in [3.05, 3.63) is 88.9 Å². The first kappa shape index (κ1) is 23.4. The molecule has 4 aromatic rings. The highest BCUT2D eigenvalue weighted by molar-refractivity contribution is 5.86. The molecule has 34 heavy (non-hydrogen) atoms. The normalized spacial score (nSPS) is 12.8. The van der Waals surface area contributed by atoms with Crippen LogP contribution in [0, 0.1) is 6.92 Å². The van der Waals surface area contributed by atoms with E-state index in [-0.39, 0.29) is 5.75 Å². The molecule has 0 bridgehead atoms. The summed E-state index contributed by atoms with van der Waals surface area (Å²) in [5, 5.41) is 15.1. The third-order valence-electron chi connectivity index (χ3n) is 5.35. The molecule has 4 rings (SSSR count). The van der Waals surface area contributed by atoms with Crippen molar-refractivity contribution in [1.82, 2.24) is 19.9 Å². The molecule has 176 valence electrons. The topological polar surface area (TPSA) is 74.2 Å². The number of aryl methyl sites for hydroxylation is 1. The third-order valence-corrected chi connectivity index (χ3v) is 5.35. The summed E-state index contributed by atoms with van der Waals surface area (Å²) in [5.41, 5.74) is 2.14. The second-order valence-corrected chi connectivity index (χ2v) is 8.33. The van der Waals surface area contributed by atoms with Crippen LogP contribution in [0.1, 0.15) is 34.1 Å². The molecule has 0 saturated heterocycles. The molecule has 0 spiro atoms. The largest absolute Gasteiger partial charge is 0.505 e. The van der Waals surface area contributed by atoms with Crippen LogP contribution in [0.4, 0.5) is 19.1 Å². The molecule has 1 atom stereocenters. The van der Waals surface area contributed by atoms with Crippen LogP contribution in [0.15, 0.2) is 60.8 Å². The Balaban J connectivity index is 1.82. The lowest BCUT2D eigenvalue weighted by atomic mass is 9.95. The van der Waals surface area contributed by atoms with Crippen LogP contribution in [0.3, 0.4) is 0 Å². The summed E-state index contributed by atoms with van der Waals surface area (Å²) in [7, 11) is 3.85. The highest BCUT2D eigenvalue weighted by atomic mass is 19.4. The standard InChI is InChI=1S/C25H24F3N5O/c1-15-12-13-29-24(30-15)32-21(16-4-8-18(9-5-16)25(26,27)28)20-11-7-17-6-10-19(14-33(2)3)31-22(17)23(20)34/h4-13,21,34H,14H2,1-3H3,(H,29,30,32)/t21-/m1/s1. The summed E-state index contributed by atoms with van der Waals surface area (Å²) in [4.78, 5) is 15.2. The number of alkyl halides is 3. The molecule has 0 unspecified atom stereocenters. The number of fused-ring (bicyclic) bond motifs is 1.